The number of hydrogen-bond acceptors (Lipinski definition) is 7. The molecule has 0 spiro atoms. The van der Waals surface area contributed by atoms with Crippen molar-refractivity contribution in [1.29, 1.82) is 0 Å². The summed E-state index contributed by atoms with van der Waals surface area (Å²) < 4.78 is 64.1. The molecule has 0 saturated heterocycles. The Kier molecular flexibility index (Phi) is 3.79. The number of furan rings is 1. The van der Waals surface area contributed by atoms with E-state index in [1.807, 2.05) is 0 Å². The van der Waals surface area contributed by atoms with Crippen LogP contribution >= 0.6 is 0 Å². The third-order valence-corrected chi connectivity index (χ3v) is 5.06. The minimum atomic E-state index is -3.74. The number of fused-ring (bicyclic) bond motifs is 2. The van der Waals surface area contributed by atoms with Crippen molar-refractivity contribution >= 4 is 26.5 Å². The van der Waals surface area contributed by atoms with E-state index in [9.17, 15) is 22.3 Å². The number of halogens is 2. The molecule has 1 aliphatic rings. The maximum absolute atomic E-state index is 13.1. The van der Waals surface area contributed by atoms with Gasteiger partial charge in [0, 0.05) is 17.7 Å². The highest BCUT2D eigenvalue weighted by atomic mass is 32.2. The van der Waals surface area contributed by atoms with Crippen LogP contribution in [0, 0.1) is 0 Å². The number of benzene rings is 2. The van der Waals surface area contributed by atoms with Gasteiger partial charge in [0.2, 0.25) is 0 Å². The molecule has 1 aliphatic heterocycles. The van der Waals surface area contributed by atoms with Gasteiger partial charge < -0.3 is 24.3 Å². The van der Waals surface area contributed by atoms with Gasteiger partial charge in [-0.25, -0.2) is 8.42 Å². The van der Waals surface area contributed by atoms with E-state index in [-0.39, 0.29) is 33.4 Å². The fourth-order valence-corrected chi connectivity index (χ4v) is 3.62. The van der Waals surface area contributed by atoms with Crippen molar-refractivity contribution < 1.29 is 36.2 Å². The second-order valence-electron chi connectivity index (χ2n) is 5.97. The molecule has 4 rings (SSSR count). The summed E-state index contributed by atoms with van der Waals surface area (Å²) in [6.45, 7) is 0. The van der Waals surface area contributed by atoms with Crippen LogP contribution in [0.5, 0.6) is 11.5 Å². The van der Waals surface area contributed by atoms with Crippen LogP contribution in [0.2, 0.25) is 0 Å². The second-order valence-corrected chi connectivity index (χ2v) is 7.95. The van der Waals surface area contributed by atoms with E-state index >= 15 is 0 Å². The van der Waals surface area contributed by atoms with Crippen molar-refractivity contribution in [2.45, 2.75) is 17.4 Å². The molecule has 1 atom stereocenters. The Morgan fingerprint density at radius 2 is 1.78 bits per heavy atom. The fraction of sp³-hybridized carbons (Fsp3) is 0.176. The molecular formula is C17H13F2NO6S. The van der Waals surface area contributed by atoms with Gasteiger partial charge in [0.15, 0.2) is 33.3 Å². The molecule has 1 aromatic heterocycles. The van der Waals surface area contributed by atoms with Crippen LogP contribution in [0.15, 0.2) is 51.8 Å². The number of hydrogen-bond donors (Lipinski definition) is 2. The lowest BCUT2D eigenvalue weighted by Gasteiger charge is -2.14. The number of aliphatic hydroxyl groups excluding tert-OH is 1. The van der Waals surface area contributed by atoms with Gasteiger partial charge in [-0.1, -0.05) is 12.1 Å². The lowest BCUT2D eigenvalue weighted by Crippen LogP contribution is -2.25. The smallest absolute Gasteiger partial charge is 0.456 e. The zero-order valence-corrected chi connectivity index (χ0v) is 14.6. The van der Waals surface area contributed by atoms with Crippen LogP contribution in [0.3, 0.4) is 0 Å². The fourth-order valence-electron chi connectivity index (χ4n) is 2.77. The molecule has 0 saturated carbocycles. The van der Waals surface area contributed by atoms with Crippen LogP contribution in [0.25, 0.3) is 11.0 Å². The Bertz CT molecular complexity index is 1100. The number of sulfone groups is 1. The van der Waals surface area contributed by atoms with E-state index in [2.05, 4.69) is 14.8 Å². The molecule has 0 radical (unpaired) electrons. The van der Waals surface area contributed by atoms with E-state index in [0.717, 1.165) is 6.26 Å². The summed E-state index contributed by atoms with van der Waals surface area (Å²) in [7, 11) is -3.51. The summed E-state index contributed by atoms with van der Waals surface area (Å²) in [6, 6.07) is 10.0. The topological polar surface area (TPSA) is 98.0 Å². The average molecular weight is 397 g/mol. The van der Waals surface area contributed by atoms with E-state index in [0.29, 0.717) is 5.39 Å². The molecule has 1 unspecified atom stereocenters. The van der Waals surface area contributed by atoms with Crippen molar-refractivity contribution in [3.05, 3.63) is 48.2 Å². The van der Waals surface area contributed by atoms with Crippen molar-refractivity contribution in [3.63, 3.8) is 0 Å². The number of nitrogens with one attached hydrogen (secondary N) is 1. The van der Waals surface area contributed by atoms with Crippen LogP contribution in [0.1, 0.15) is 12.0 Å². The summed E-state index contributed by atoms with van der Waals surface area (Å²) in [4.78, 5) is 0.0168. The number of rotatable bonds is 4. The van der Waals surface area contributed by atoms with Gasteiger partial charge in [0.05, 0.1) is 10.6 Å². The molecule has 2 N–H and O–H groups in total. The van der Waals surface area contributed by atoms with E-state index in [4.69, 9.17) is 4.42 Å². The predicted octanol–water partition coefficient (Wildman–Crippen LogP) is 3.26. The van der Waals surface area contributed by atoms with Gasteiger partial charge in [-0.15, -0.1) is 8.78 Å². The van der Waals surface area contributed by atoms with Crippen LogP contribution < -0.4 is 14.8 Å². The maximum atomic E-state index is 13.1. The molecule has 2 aromatic carbocycles. The van der Waals surface area contributed by atoms with Gasteiger partial charge in [-0.3, -0.25) is 0 Å². The Hall–Kier alpha value is -2.85. The highest BCUT2D eigenvalue weighted by Gasteiger charge is 2.43. The highest BCUT2D eigenvalue weighted by Crippen LogP contribution is 2.44. The minimum Gasteiger partial charge on any atom is -0.456 e. The summed E-state index contributed by atoms with van der Waals surface area (Å²) in [6.07, 6.45) is -4.06. The van der Waals surface area contributed by atoms with Crippen LogP contribution in [-0.2, 0) is 9.84 Å². The summed E-state index contributed by atoms with van der Waals surface area (Å²) in [5.41, 5.74) is 0.393. The monoisotopic (exact) mass is 397 g/mol. The van der Waals surface area contributed by atoms with Gasteiger partial charge in [-0.05, 0) is 24.3 Å². The predicted molar refractivity (Wildman–Crippen MR) is 90.6 cm³/mol. The molecule has 142 valence electrons. The number of alkyl halides is 2. The first-order chi connectivity index (χ1) is 12.6. The Morgan fingerprint density at radius 3 is 2.48 bits per heavy atom. The molecule has 27 heavy (non-hydrogen) atoms. The Balaban J connectivity index is 1.64. The molecule has 0 bridgehead atoms. The first-order valence-electron chi connectivity index (χ1n) is 7.69. The van der Waals surface area contributed by atoms with Crippen LogP contribution in [0.4, 0.5) is 14.5 Å². The standard InChI is InChI=1S/C17H13F2NO6S/c1-27(22,23)15-5-3-2-4-10(15)20-16(21)14-7-9-6-12-13(8-11(9)24-14)26-17(18,19)25-12/h2-8,16,20-21H,1H3. The zero-order chi connectivity index (χ0) is 19.4. The number of ether oxygens (including phenoxy) is 2. The number of para-hydroxylation sites is 1. The molecular weight excluding hydrogens is 384 g/mol. The highest BCUT2D eigenvalue weighted by molar-refractivity contribution is 7.90. The summed E-state index contributed by atoms with van der Waals surface area (Å²) >= 11 is 0. The van der Waals surface area contributed by atoms with Crippen molar-refractivity contribution in [2.24, 2.45) is 0 Å². The van der Waals surface area contributed by atoms with Crippen LogP contribution in [-0.4, -0.2) is 26.1 Å². The molecule has 7 nitrogen and oxygen atoms in total. The molecule has 3 aromatic rings. The number of aliphatic hydroxyl groups is 1. The third-order valence-electron chi connectivity index (χ3n) is 3.91. The van der Waals surface area contributed by atoms with E-state index < -0.39 is 22.4 Å². The van der Waals surface area contributed by atoms with E-state index in [1.165, 1.54) is 30.3 Å². The van der Waals surface area contributed by atoms with Gasteiger partial charge in [-0.2, -0.15) is 0 Å². The van der Waals surface area contributed by atoms with Crippen molar-refractivity contribution in [1.82, 2.24) is 0 Å². The van der Waals surface area contributed by atoms with Crippen molar-refractivity contribution in [2.75, 3.05) is 11.6 Å². The van der Waals surface area contributed by atoms with Crippen molar-refractivity contribution in [3.8, 4) is 11.5 Å². The molecule has 10 heteroatoms. The normalized spacial score (nSPS) is 16.4. The molecule has 0 aliphatic carbocycles. The Labute approximate surface area is 152 Å². The summed E-state index contributed by atoms with van der Waals surface area (Å²) in [5, 5.41) is 13.4. The van der Waals surface area contributed by atoms with Gasteiger partial charge in [0.1, 0.15) is 5.58 Å². The van der Waals surface area contributed by atoms with Gasteiger partial charge in [0.25, 0.3) is 0 Å². The van der Waals surface area contributed by atoms with E-state index in [1.54, 1.807) is 12.1 Å². The average Bonchev–Trinajstić information content (AvgIpc) is 3.09. The first kappa shape index (κ1) is 17.6. The molecule has 0 amide bonds. The lowest BCUT2D eigenvalue weighted by molar-refractivity contribution is -0.286. The molecule has 0 fully saturated rings. The minimum absolute atomic E-state index is 0.0168. The Morgan fingerprint density at radius 1 is 1.11 bits per heavy atom. The largest absolute Gasteiger partial charge is 0.586 e. The molecule has 2 heterocycles. The second kappa shape index (κ2) is 5.83. The van der Waals surface area contributed by atoms with Gasteiger partial charge >= 0.3 is 6.29 Å². The first-order valence-corrected chi connectivity index (χ1v) is 9.58. The quantitative estimate of drug-likeness (QED) is 0.652. The zero-order valence-electron chi connectivity index (χ0n) is 13.8. The maximum Gasteiger partial charge on any atom is 0.586 e. The third kappa shape index (κ3) is 3.28. The number of anilines is 1. The lowest BCUT2D eigenvalue weighted by atomic mass is 10.2. The summed E-state index contributed by atoms with van der Waals surface area (Å²) in [5.74, 6) is -0.272. The SMILES string of the molecule is CS(=O)(=O)c1ccccc1NC(O)c1cc2cc3c(cc2o1)OC(F)(F)O3.